The lowest BCUT2D eigenvalue weighted by molar-refractivity contribution is -0.147. The van der Waals surface area contributed by atoms with Crippen molar-refractivity contribution in [1.82, 2.24) is 25.3 Å². The van der Waals surface area contributed by atoms with E-state index in [9.17, 15) is 22.4 Å². The van der Waals surface area contributed by atoms with Crippen LogP contribution in [0.5, 0.6) is 11.5 Å². The number of rotatable bonds is 17. The number of carbonyl (C=O) groups is 2. The predicted molar refractivity (Wildman–Crippen MR) is 177 cm³/mol. The quantitative estimate of drug-likeness (QED) is 0.118. The fourth-order valence-corrected chi connectivity index (χ4v) is 6.38. The number of nitrogens with zero attached hydrogens (tertiary/aromatic N) is 4. The highest BCUT2D eigenvalue weighted by Crippen LogP contribution is 2.28. The van der Waals surface area contributed by atoms with Gasteiger partial charge >= 0.3 is 5.97 Å². The largest absolute Gasteiger partial charge is 0.491 e. The molecule has 15 nitrogen and oxygen atoms in total. The molecule has 5 rings (SSSR count). The van der Waals surface area contributed by atoms with Gasteiger partial charge in [-0.1, -0.05) is 29.5 Å². The summed E-state index contributed by atoms with van der Waals surface area (Å²) < 4.78 is 60.6. The minimum atomic E-state index is -3.95. The summed E-state index contributed by atoms with van der Waals surface area (Å²) in [6.45, 7) is -0.180. The highest BCUT2D eigenvalue weighted by Gasteiger charge is 2.29. The van der Waals surface area contributed by atoms with Crippen molar-refractivity contribution >= 4 is 43.5 Å². The number of aromatic nitrogens is 4. The van der Waals surface area contributed by atoms with Crippen LogP contribution in [0.25, 0.3) is 10.2 Å². The molecule has 4 N–H and O–H groups in total. The summed E-state index contributed by atoms with van der Waals surface area (Å²) in [5.41, 5.74) is 2.16. The number of esters is 1. The Labute approximate surface area is 289 Å². The van der Waals surface area contributed by atoms with Gasteiger partial charge in [0.25, 0.3) is 10.0 Å². The van der Waals surface area contributed by atoms with Crippen molar-refractivity contribution < 1.29 is 46.5 Å². The summed E-state index contributed by atoms with van der Waals surface area (Å²) in [5.74, 6) is -0.839. The highest BCUT2D eigenvalue weighted by molar-refractivity contribution is 7.91. The molecule has 0 aliphatic rings. The smallest absolute Gasteiger partial charge is 0.330 e. The maximum atomic E-state index is 13.7. The van der Waals surface area contributed by atoms with Gasteiger partial charge in [-0.15, -0.1) is 16.4 Å². The molecule has 2 aromatic heterocycles. The number of ether oxygens (including phenoxy) is 4. The van der Waals surface area contributed by atoms with E-state index in [2.05, 4.69) is 20.6 Å². The lowest BCUT2D eigenvalue weighted by atomic mass is 10.0. The molecule has 0 unspecified atom stereocenters. The van der Waals surface area contributed by atoms with Crippen LogP contribution in [0, 0.1) is 5.82 Å². The average Bonchev–Trinajstić information content (AvgIpc) is 3.76. The Morgan fingerprint density at radius 3 is 2.56 bits per heavy atom. The number of nitrogens with one attached hydrogen (secondary N) is 1. The van der Waals surface area contributed by atoms with E-state index >= 15 is 0 Å². The van der Waals surface area contributed by atoms with Gasteiger partial charge in [0.1, 0.15) is 42.3 Å². The van der Waals surface area contributed by atoms with Gasteiger partial charge in [-0.2, -0.15) is 0 Å². The van der Waals surface area contributed by atoms with E-state index in [4.69, 9.17) is 29.2 Å². The van der Waals surface area contributed by atoms with E-state index < -0.39 is 39.8 Å². The molecule has 18 heteroatoms. The molecule has 0 aliphatic carbocycles. The third-order valence-electron chi connectivity index (χ3n) is 7.11. The molecule has 5 aromatic rings. The molecule has 2 heterocycles. The molecule has 0 saturated carbocycles. The van der Waals surface area contributed by atoms with Gasteiger partial charge in [-0.3, -0.25) is 4.79 Å². The number of hydrogen-bond donors (Lipinski definition) is 3. The van der Waals surface area contributed by atoms with Crippen molar-refractivity contribution in [3.8, 4) is 11.5 Å². The molecule has 3 aromatic carbocycles. The average molecular weight is 729 g/mol. The number of fused-ring (bicyclic) bond motifs is 1. The zero-order valence-electron chi connectivity index (χ0n) is 26.6. The second-order valence-electron chi connectivity index (χ2n) is 10.8. The van der Waals surface area contributed by atoms with E-state index in [1.807, 2.05) is 0 Å². The Morgan fingerprint density at radius 2 is 1.82 bits per heavy atom. The van der Waals surface area contributed by atoms with Gasteiger partial charge in [-0.05, 0) is 53.6 Å². The van der Waals surface area contributed by atoms with Crippen molar-refractivity contribution in [3.05, 3.63) is 95.6 Å². The zero-order chi connectivity index (χ0) is 35.7. The summed E-state index contributed by atoms with van der Waals surface area (Å²) in [5, 5.41) is 25.1. The van der Waals surface area contributed by atoms with Crippen molar-refractivity contribution in [1.29, 1.82) is 0 Å². The number of hydrogen-bond acceptors (Lipinski definition) is 13. The fourth-order valence-electron chi connectivity index (χ4n) is 4.70. The maximum Gasteiger partial charge on any atom is 0.330 e. The standard InChI is InChI=1S/C32H33FN6O9S2/c1-45-31(42)27(19-46-17-21-3-2-4-24(13-21)47-12-11-40)35-30(41)28(14-20-5-7-22(33)8-6-20)39-16-23(37-38-39)18-48-25-9-10-26-29(15-25)49-32(36-26)50(34,43)44/h2-10,13,15-16,27-28,40H,11-12,14,17-19H2,1H3,(H,35,41)(H2,34,43,44)/t27-,28-/m0/s1. The molecule has 264 valence electrons. The van der Waals surface area contributed by atoms with Crippen LogP contribution in [0.4, 0.5) is 4.39 Å². The van der Waals surface area contributed by atoms with Gasteiger partial charge in [-0.25, -0.2) is 32.4 Å². The predicted octanol–water partition coefficient (Wildman–Crippen LogP) is 2.28. The van der Waals surface area contributed by atoms with Crippen LogP contribution in [0.15, 0.2) is 77.3 Å². The van der Waals surface area contributed by atoms with Gasteiger partial charge in [0.15, 0.2) is 6.04 Å². The second-order valence-corrected chi connectivity index (χ2v) is 13.6. The number of primary sulfonamides is 1. The first kappa shape index (κ1) is 36.3. The Kier molecular flexibility index (Phi) is 12.0. The SMILES string of the molecule is COC(=O)[C@H](COCc1cccc(OCCO)c1)NC(=O)[C@H](Cc1ccc(F)cc1)n1cc(COc2ccc3nc(S(N)(=O)=O)sc3c2)nn1. The van der Waals surface area contributed by atoms with E-state index in [1.165, 1.54) is 42.3 Å². The number of halogens is 1. The van der Waals surface area contributed by atoms with Gasteiger partial charge in [0.2, 0.25) is 10.2 Å². The lowest BCUT2D eigenvalue weighted by Crippen LogP contribution is -2.47. The Balaban J connectivity index is 1.28. The Bertz CT molecular complexity index is 2040. The summed E-state index contributed by atoms with van der Waals surface area (Å²) in [4.78, 5) is 30.4. The fraction of sp³-hybridized carbons (Fsp3) is 0.281. The minimum absolute atomic E-state index is 0.0535. The van der Waals surface area contributed by atoms with Crippen LogP contribution < -0.4 is 19.9 Å². The number of methoxy groups -OCH3 is 1. The Hall–Kier alpha value is -5.01. The molecule has 50 heavy (non-hydrogen) atoms. The van der Waals surface area contributed by atoms with Crippen LogP contribution in [0.2, 0.25) is 0 Å². The van der Waals surface area contributed by atoms with Crippen molar-refractivity contribution in [2.75, 3.05) is 26.9 Å². The summed E-state index contributed by atoms with van der Waals surface area (Å²) in [6.07, 6.45) is 1.58. The molecular weight excluding hydrogens is 696 g/mol. The minimum Gasteiger partial charge on any atom is -0.491 e. The molecule has 1 amide bonds. The summed E-state index contributed by atoms with van der Waals surface area (Å²) in [7, 11) is -2.76. The lowest BCUT2D eigenvalue weighted by Gasteiger charge is -2.21. The highest BCUT2D eigenvalue weighted by atomic mass is 32.2. The summed E-state index contributed by atoms with van der Waals surface area (Å²) in [6, 6.07) is 15.2. The van der Waals surface area contributed by atoms with E-state index in [0.717, 1.165) is 16.9 Å². The first-order valence-electron chi connectivity index (χ1n) is 15.0. The third-order valence-corrected chi connectivity index (χ3v) is 9.44. The monoisotopic (exact) mass is 728 g/mol. The van der Waals surface area contributed by atoms with Gasteiger partial charge in [0, 0.05) is 6.42 Å². The maximum absolute atomic E-state index is 13.7. The molecular formula is C32H33FN6O9S2. The van der Waals surface area contributed by atoms with Crippen LogP contribution in [0.1, 0.15) is 22.9 Å². The number of aliphatic hydroxyl groups is 1. The molecule has 0 spiro atoms. The van der Waals surface area contributed by atoms with E-state index in [-0.39, 0.29) is 43.8 Å². The molecule has 2 atom stereocenters. The number of aliphatic hydroxyl groups excluding tert-OH is 1. The first-order chi connectivity index (χ1) is 24.0. The van der Waals surface area contributed by atoms with Crippen LogP contribution in [0.3, 0.4) is 0 Å². The molecule has 0 radical (unpaired) electrons. The number of nitrogens with two attached hydrogens (primary N) is 1. The first-order valence-corrected chi connectivity index (χ1v) is 17.4. The zero-order valence-corrected chi connectivity index (χ0v) is 28.2. The number of sulfonamides is 1. The van der Waals surface area contributed by atoms with E-state index in [0.29, 0.717) is 33.0 Å². The van der Waals surface area contributed by atoms with Crippen molar-refractivity contribution in [2.45, 2.75) is 36.1 Å². The van der Waals surface area contributed by atoms with Gasteiger partial charge < -0.3 is 29.4 Å². The van der Waals surface area contributed by atoms with Crippen molar-refractivity contribution in [2.24, 2.45) is 5.14 Å². The number of carbonyl (C=O) groups excluding carboxylic acids is 2. The van der Waals surface area contributed by atoms with Crippen LogP contribution >= 0.6 is 11.3 Å². The second kappa shape index (κ2) is 16.6. The molecule has 0 aliphatic heterocycles. The number of benzene rings is 3. The normalized spacial score (nSPS) is 12.7. The molecule has 0 saturated heterocycles. The Morgan fingerprint density at radius 1 is 1.04 bits per heavy atom. The topological polar surface area (TPSA) is 207 Å². The third kappa shape index (κ3) is 9.79. The van der Waals surface area contributed by atoms with Crippen LogP contribution in [-0.4, -0.2) is 78.4 Å². The van der Waals surface area contributed by atoms with Gasteiger partial charge in [0.05, 0.1) is 43.3 Å². The molecule has 0 fully saturated rings. The number of thiazole rings is 1. The van der Waals surface area contributed by atoms with Crippen molar-refractivity contribution in [3.63, 3.8) is 0 Å². The number of amides is 1. The van der Waals surface area contributed by atoms with E-state index in [1.54, 1.807) is 42.5 Å². The summed E-state index contributed by atoms with van der Waals surface area (Å²) >= 11 is 0.909. The molecule has 0 bridgehead atoms. The van der Waals surface area contributed by atoms with Crippen LogP contribution in [-0.2, 0) is 48.7 Å².